The third-order valence-electron chi connectivity index (χ3n) is 17.2. The van der Waals surface area contributed by atoms with Gasteiger partial charge in [-0.05, 0) is 119 Å². The minimum absolute atomic E-state index is 0.0379. The Morgan fingerprint density at radius 3 is 1.78 bits per heavy atom. The van der Waals surface area contributed by atoms with Gasteiger partial charge in [0.05, 0.1) is 55.8 Å². The molecule has 0 amide bonds. The van der Waals surface area contributed by atoms with E-state index in [2.05, 4.69) is 199 Å². The van der Waals surface area contributed by atoms with Gasteiger partial charge in [-0.25, -0.2) is 0 Å². The molecular weight excluding hydrogens is 1000 g/mol. The number of hydrogen-bond donors (Lipinski definition) is 0. The summed E-state index contributed by atoms with van der Waals surface area (Å²) in [6.45, 7) is 57.2. The molecule has 2 aliphatic rings. The summed E-state index contributed by atoms with van der Waals surface area (Å²) >= 11 is 0. The highest BCUT2D eigenvalue weighted by molar-refractivity contribution is 7.54. The number of carbonyl (C=O) groups excluding carboxylic acids is 1. The maximum atomic E-state index is 13.9. The van der Waals surface area contributed by atoms with E-state index < -0.39 is 64.5 Å². The molecule has 8 atom stereocenters. The fourth-order valence-corrected chi connectivity index (χ4v) is 13.8. The number of esters is 1. The molecule has 0 radical (unpaired) electrons. The third-order valence-corrected chi connectivity index (χ3v) is 37.2. The van der Waals surface area contributed by atoms with E-state index in [1.165, 1.54) is 0 Å². The quantitative estimate of drug-likeness (QED) is 0.0271. The van der Waals surface area contributed by atoms with Crippen LogP contribution in [0.15, 0.2) is 48.1 Å². The van der Waals surface area contributed by atoms with Crippen molar-refractivity contribution < 1.29 is 50.3 Å². The lowest BCUT2D eigenvalue weighted by Crippen LogP contribution is -2.58. The first-order chi connectivity index (χ1) is 33.1. The van der Waals surface area contributed by atoms with Crippen molar-refractivity contribution in [1.82, 2.24) is 0 Å². The second-order valence-corrected chi connectivity index (χ2v) is 48.7. The standard InChI is InChI=1S/C57H111O11PSi4/c1-26-60-69(59,61-27-2)42-52(58)67-51-41-47(66-50(36-38-63-71(20,21)54(8,9)10)57(51,17)43-64-72(22,23)55(11,12)13)34-30-28-29-33-44(3)39-48-45(4)49(68-73(24,25)56(14,15)16)40-46(65-48)35-31-32-37-62-70(18,19)53(5,6)7/h29-34,39,45-51H,26-28,35-38,40-43H2,1-25H3/b32-31+,33-29+,34-30+,44-39-/t45-,46-,47+,48+,49-,50-,51+,57-/m1/s1. The number of carbonyl (C=O) groups is 1. The summed E-state index contributed by atoms with van der Waals surface area (Å²) < 4.78 is 72.3. The van der Waals surface area contributed by atoms with Crippen LogP contribution in [0.4, 0.5) is 0 Å². The molecule has 426 valence electrons. The number of ether oxygens (including phenoxy) is 3. The molecule has 2 saturated heterocycles. The van der Waals surface area contributed by atoms with Crippen LogP contribution in [-0.2, 0) is 50.3 Å². The van der Waals surface area contributed by atoms with E-state index >= 15 is 0 Å². The topological polar surface area (TPSA) is 117 Å². The molecule has 0 N–H and O–H groups in total. The number of hydrogen-bond acceptors (Lipinski definition) is 11. The number of rotatable bonds is 26. The van der Waals surface area contributed by atoms with Crippen molar-refractivity contribution in [3.8, 4) is 0 Å². The molecular formula is C57H111O11PSi4. The first kappa shape index (κ1) is 68.3. The van der Waals surface area contributed by atoms with Crippen molar-refractivity contribution in [1.29, 1.82) is 0 Å². The molecule has 11 nitrogen and oxygen atoms in total. The van der Waals surface area contributed by atoms with Gasteiger partial charge >= 0.3 is 13.6 Å². The van der Waals surface area contributed by atoms with Crippen molar-refractivity contribution in [3.63, 3.8) is 0 Å². The second kappa shape index (κ2) is 27.4. The first-order valence-corrected chi connectivity index (χ1v) is 41.1. The Morgan fingerprint density at radius 1 is 0.712 bits per heavy atom. The van der Waals surface area contributed by atoms with Crippen molar-refractivity contribution in [2.75, 3.05) is 39.2 Å². The Bertz CT molecular complexity index is 1880. The summed E-state index contributed by atoms with van der Waals surface area (Å²) in [5, 5.41) is 0.275. The normalized spacial score (nSPS) is 26.2. The highest BCUT2D eigenvalue weighted by Crippen LogP contribution is 2.50. The maximum absolute atomic E-state index is 13.9. The summed E-state index contributed by atoms with van der Waals surface area (Å²) in [4.78, 5) is 13.9. The fraction of sp³-hybridized carbons (Fsp3) is 0.842. The predicted octanol–water partition coefficient (Wildman–Crippen LogP) is 16.4. The lowest BCUT2D eigenvalue weighted by atomic mass is 9.73. The summed E-state index contributed by atoms with van der Waals surface area (Å²) in [5.74, 6) is -0.433. The van der Waals surface area contributed by atoms with E-state index in [0.29, 0.717) is 39.1 Å². The molecule has 0 unspecified atom stereocenters. The molecule has 0 aliphatic carbocycles. The van der Waals surface area contributed by atoms with Gasteiger partial charge in [0.15, 0.2) is 33.3 Å². The van der Waals surface area contributed by atoms with Gasteiger partial charge in [-0.1, -0.05) is 145 Å². The van der Waals surface area contributed by atoms with Crippen LogP contribution in [0, 0.1) is 11.3 Å². The molecule has 0 aromatic rings. The largest absolute Gasteiger partial charge is 0.461 e. The Balaban J connectivity index is 2.46. The first-order valence-electron chi connectivity index (χ1n) is 27.7. The predicted molar refractivity (Wildman–Crippen MR) is 316 cm³/mol. The van der Waals surface area contributed by atoms with Gasteiger partial charge in [0.1, 0.15) is 12.3 Å². The minimum Gasteiger partial charge on any atom is -0.461 e. The zero-order valence-electron chi connectivity index (χ0n) is 51.3. The van der Waals surface area contributed by atoms with E-state index in [4.69, 9.17) is 41.0 Å². The maximum Gasteiger partial charge on any atom is 0.341 e. The molecule has 2 fully saturated rings. The monoisotopic (exact) mass is 1110 g/mol. The summed E-state index contributed by atoms with van der Waals surface area (Å²) in [6, 6.07) is 0. The summed E-state index contributed by atoms with van der Waals surface area (Å²) in [5.41, 5.74) is 0.392. The van der Waals surface area contributed by atoms with Gasteiger partial charge in [0.2, 0.25) is 0 Å². The molecule has 0 saturated carbocycles. The van der Waals surface area contributed by atoms with Crippen LogP contribution in [0.2, 0.25) is 72.5 Å². The van der Waals surface area contributed by atoms with Crippen molar-refractivity contribution in [3.05, 3.63) is 48.1 Å². The Labute approximate surface area is 452 Å². The van der Waals surface area contributed by atoms with E-state index in [-0.39, 0.29) is 69.8 Å². The van der Waals surface area contributed by atoms with Gasteiger partial charge in [0, 0.05) is 25.6 Å². The van der Waals surface area contributed by atoms with Crippen LogP contribution in [0.1, 0.15) is 150 Å². The molecule has 0 aromatic carbocycles. The Morgan fingerprint density at radius 2 is 1.25 bits per heavy atom. The molecule has 2 aliphatic heterocycles. The van der Waals surface area contributed by atoms with E-state index in [0.717, 1.165) is 18.4 Å². The molecule has 2 rings (SSSR count). The van der Waals surface area contributed by atoms with Gasteiger partial charge in [-0.15, -0.1) is 0 Å². The van der Waals surface area contributed by atoms with Crippen LogP contribution in [0.5, 0.6) is 0 Å². The minimum atomic E-state index is -3.71. The van der Waals surface area contributed by atoms with Crippen molar-refractivity contribution in [2.24, 2.45) is 11.3 Å². The van der Waals surface area contributed by atoms with Crippen LogP contribution in [0.25, 0.3) is 0 Å². The lowest BCUT2D eigenvalue weighted by molar-refractivity contribution is -0.202. The second-order valence-electron chi connectivity index (χ2n) is 27.4. The SMILES string of the molecule is CCOP(=O)(CC(=O)O[C@H]1C[C@H](/C=C/C/C=C/C(C)=C\[C@@H]2O[C@H](C/C=C/CO[Si](C)(C)C(C)(C)C)C[C@@H](O[Si](C)(C)C(C)(C)C)[C@@H]2C)O[C@H](CCO[Si](C)(C)C(C)(C)C)[C@@]1(C)CO[Si](C)(C)C(C)(C)C)OCC. The average Bonchev–Trinajstić information content (AvgIpc) is 3.21. The van der Waals surface area contributed by atoms with Crippen LogP contribution >= 0.6 is 7.60 Å². The highest BCUT2D eigenvalue weighted by atomic mass is 31.2. The van der Waals surface area contributed by atoms with Crippen molar-refractivity contribution >= 4 is 46.8 Å². The van der Waals surface area contributed by atoms with Crippen molar-refractivity contribution in [2.45, 2.75) is 259 Å². The number of allylic oxidation sites excluding steroid dienone is 4. The summed E-state index contributed by atoms with van der Waals surface area (Å²) in [6.07, 6.45) is 16.8. The molecule has 73 heavy (non-hydrogen) atoms. The van der Waals surface area contributed by atoms with Gasteiger partial charge in [0.25, 0.3) is 0 Å². The van der Waals surface area contributed by atoms with Gasteiger partial charge in [-0.3, -0.25) is 9.36 Å². The Hall–Kier alpha value is -0.792. The third kappa shape index (κ3) is 20.7. The fourth-order valence-electron chi connectivity index (χ4n) is 7.87. The van der Waals surface area contributed by atoms with Crippen LogP contribution in [0.3, 0.4) is 0 Å². The van der Waals surface area contributed by atoms with Gasteiger partial charge in [-0.2, -0.15) is 0 Å². The molecule has 0 bridgehead atoms. The highest BCUT2D eigenvalue weighted by Gasteiger charge is 2.52. The zero-order valence-corrected chi connectivity index (χ0v) is 56.2. The van der Waals surface area contributed by atoms with Crippen LogP contribution < -0.4 is 0 Å². The van der Waals surface area contributed by atoms with E-state index in [1.807, 2.05) is 0 Å². The molecule has 0 spiro atoms. The smallest absolute Gasteiger partial charge is 0.341 e. The van der Waals surface area contributed by atoms with E-state index in [1.54, 1.807) is 13.8 Å². The Kier molecular flexibility index (Phi) is 25.6. The average molecular weight is 1120 g/mol. The lowest BCUT2D eigenvalue weighted by Gasteiger charge is -2.50. The molecule has 16 heteroatoms. The van der Waals surface area contributed by atoms with Gasteiger partial charge < -0.3 is 41.0 Å². The summed E-state index contributed by atoms with van der Waals surface area (Å²) in [7, 11) is -11.9. The molecule has 0 aromatic heterocycles. The van der Waals surface area contributed by atoms with E-state index in [9.17, 15) is 9.36 Å². The van der Waals surface area contributed by atoms with Crippen LogP contribution in [-0.4, -0.2) is 115 Å². The zero-order chi connectivity index (χ0) is 56.3. The molecule has 2 heterocycles.